The number of guanidine groups is 1. The van der Waals surface area contributed by atoms with Gasteiger partial charge in [0.05, 0.1) is 13.2 Å². The molecule has 2 N–H and O–H groups in total. The van der Waals surface area contributed by atoms with E-state index < -0.39 is 0 Å². The third-order valence-corrected chi connectivity index (χ3v) is 4.87. The van der Waals surface area contributed by atoms with Crippen LogP contribution >= 0.6 is 0 Å². The topological polar surface area (TPSA) is 48.9 Å². The molecule has 1 aromatic rings. The number of nitrogens with one attached hydrogen (secondary N) is 2. The van der Waals surface area contributed by atoms with Crippen LogP contribution in [0, 0.1) is 5.92 Å². The van der Waals surface area contributed by atoms with Gasteiger partial charge in [-0.05, 0) is 56.8 Å². The maximum Gasteiger partial charge on any atom is 0.191 e. The lowest BCUT2D eigenvalue weighted by Crippen LogP contribution is -2.43. The van der Waals surface area contributed by atoms with E-state index in [-0.39, 0.29) is 6.04 Å². The highest BCUT2D eigenvalue weighted by atomic mass is 16.5. The number of hydrogen-bond donors (Lipinski definition) is 2. The summed E-state index contributed by atoms with van der Waals surface area (Å²) in [6.45, 7) is 12.2. The van der Waals surface area contributed by atoms with Crippen LogP contribution in [0.25, 0.3) is 0 Å². The molecule has 0 aliphatic carbocycles. The number of benzene rings is 1. The Hall–Kier alpha value is -1.59. The van der Waals surface area contributed by atoms with E-state index in [4.69, 9.17) is 4.74 Å². The first-order chi connectivity index (χ1) is 12.6. The molecule has 0 spiro atoms. The number of ether oxygens (including phenoxy) is 1. The largest absolute Gasteiger partial charge is 0.383 e. The van der Waals surface area contributed by atoms with Gasteiger partial charge in [-0.25, -0.2) is 4.99 Å². The van der Waals surface area contributed by atoms with Crippen LogP contribution in [-0.2, 0) is 17.8 Å². The zero-order chi connectivity index (χ0) is 18.8. The predicted octanol–water partition coefficient (Wildman–Crippen LogP) is 3.01. The van der Waals surface area contributed by atoms with Crippen molar-refractivity contribution < 1.29 is 4.74 Å². The van der Waals surface area contributed by atoms with Gasteiger partial charge in [0.2, 0.25) is 0 Å². The van der Waals surface area contributed by atoms with Gasteiger partial charge in [-0.1, -0.05) is 31.2 Å². The third kappa shape index (κ3) is 7.34. The minimum atomic E-state index is 0.229. The molecule has 1 heterocycles. The lowest BCUT2D eigenvalue weighted by atomic mass is 9.99. The fourth-order valence-corrected chi connectivity index (χ4v) is 3.24. The van der Waals surface area contributed by atoms with Crippen LogP contribution < -0.4 is 10.6 Å². The van der Waals surface area contributed by atoms with E-state index in [1.807, 2.05) is 0 Å². The zero-order valence-electron chi connectivity index (χ0n) is 16.9. The maximum atomic E-state index is 5.18. The number of methoxy groups -OCH3 is 1. The normalized spacial score (nSPS) is 17.9. The van der Waals surface area contributed by atoms with Gasteiger partial charge in [0, 0.05) is 26.2 Å². The number of nitrogens with zero attached hydrogens (tertiary/aromatic N) is 2. The summed E-state index contributed by atoms with van der Waals surface area (Å²) in [4.78, 5) is 7.26. The Labute approximate surface area is 159 Å². The molecule has 2 rings (SSSR count). The van der Waals surface area contributed by atoms with Gasteiger partial charge in [0.1, 0.15) is 0 Å². The van der Waals surface area contributed by atoms with Crippen molar-refractivity contribution in [3.63, 3.8) is 0 Å². The lowest BCUT2D eigenvalue weighted by Gasteiger charge is -2.30. The molecule has 146 valence electrons. The van der Waals surface area contributed by atoms with E-state index in [9.17, 15) is 0 Å². The molecule has 1 atom stereocenters. The summed E-state index contributed by atoms with van der Waals surface area (Å²) in [5, 5.41) is 6.65. The molecule has 0 radical (unpaired) electrons. The molecule has 5 nitrogen and oxygen atoms in total. The monoisotopic (exact) mass is 360 g/mol. The van der Waals surface area contributed by atoms with Crippen molar-refractivity contribution in [1.29, 1.82) is 0 Å². The summed E-state index contributed by atoms with van der Waals surface area (Å²) in [7, 11) is 1.72. The van der Waals surface area contributed by atoms with Crippen LogP contribution in [0.3, 0.4) is 0 Å². The van der Waals surface area contributed by atoms with Crippen molar-refractivity contribution in [3.8, 4) is 0 Å². The summed E-state index contributed by atoms with van der Waals surface area (Å²) < 4.78 is 5.18. The van der Waals surface area contributed by atoms with Gasteiger partial charge >= 0.3 is 0 Å². The Balaban J connectivity index is 1.86. The van der Waals surface area contributed by atoms with Crippen LogP contribution in [0.4, 0.5) is 0 Å². The minimum Gasteiger partial charge on any atom is -0.383 e. The highest BCUT2D eigenvalue weighted by Gasteiger charge is 2.15. The Morgan fingerprint density at radius 1 is 1.23 bits per heavy atom. The van der Waals surface area contributed by atoms with Crippen molar-refractivity contribution in [2.75, 3.05) is 33.4 Å². The molecule has 1 aromatic carbocycles. The van der Waals surface area contributed by atoms with E-state index in [1.54, 1.807) is 7.11 Å². The quantitative estimate of drug-likeness (QED) is 0.553. The van der Waals surface area contributed by atoms with E-state index in [2.05, 4.69) is 65.6 Å². The number of piperidine rings is 1. The summed E-state index contributed by atoms with van der Waals surface area (Å²) in [5.74, 6) is 1.72. The Morgan fingerprint density at radius 3 is 2.50 bits per heavy atom. The van der Waals surface area contributed by atoms with E-state index in [1.165, 1.54) is 37.1 Å². The standard InChI is InChI=1S/C21H36N4O/c1-5-22-21(24-18(3)16-26-4)23-14-19-6-8-20(9-7-19)15-25-12-10-17(2)11-13-25/h6-9,17-18H,5,10-16H2,1-4H3,(H2,22,23,24). The Morgan fingerprint density at radius 2 is 1.88 bits per heavy atom. The van der Waals surface area contributed by atoms with Crippen molar-refractivity contribution in [2.45, 2.75) is 52.7 Å². The van der Waals surface area contributed by atoms with Crippen LogP contribution in [0.1, 0.15) is 44.7 Å². The van der Waals surface area contributed by atoms with E-state index in [0.29, 0.717) is 13.2 Å². The average molecular weight is 361 g/mol. The molecular weight excluding hydrogens is 324 g/mol. The van der Waals surface area contributed by atoms with Gasteiger partial charge in [-0.15, -0.1) is 0 Å². The molecule has 0 saturated carbocycles. The Bertz CT molecular complexity index is 535. The number of hydrogen-bond acceptors (Lipinski definition) is 3. The summed E-state index contributed by atoms with van der Waals surface area (Å²) >= 11 is 0. The highest BCUT2D eigenvalue weighted by Crippen LogP contribution is 2.18. The molecule has 1 aliphatic heterocycles. The number of likely N-dealkylation sites (tertiary alicyclic amines) is 1. The molecule has 1 fully saturated rings. The van der Waals surface area contributed by atoms with E-state index >= 15 is 0 Å². The molecule has 1 unspecified atom stereocenters. The second kappa shape index (κ2) is 11.2. The van der Waals surface area contributed by atoms with Gasteiger partial charge in [-0.2, -0.15) is 0 Å². The molecule has 5 heteroatoms. The fourth-order valence-electron chi connectivity index (χ4n) is 3.24. The van der Waals surface area contributed by atoms with Crippen LogP contribution in [0.2, 0.25) is 0 Å². The predicted molar refractivity (Wildman–Crippen MR) is 109 cm³/mol. The second-order valence-corrected chi connectivity index (χ2v) is 7.47. The maximum absolute atomic E-state index is 5.18. The second-order valence-electron chi connectivity index (χ2n) is 7.47. The molecular formula is C21H36N4O. The SMILES string of the molecule is CCNC(=NCc1ccc(CN2CCC(C)CC2)cc1)NC(C)COC. The summed E-state index contributed by atoms with van der Waals surface area (Å²) in [6, 6.07) is 9.13. The molecule has 0 amide bonds. The van der Waals surface area contributed by atoms with Gasteiger partial charge in [-0.3, -0.25) is 4.90 Å². The smallest absolute Gasteiger partial charge is 0.191 e. The fraction of sp³-hybridized carbons (Fsp3) is 0.667. The van der Waals surface area contributed by atoms with Crippen molar-refractivity contribution in [2.24, 2.45) is 10.9 Å². The first-order valence-corrected chi connectivity index (χ1v) is 9.94. The molecule has 26 heavy (non-hydrogen) atoms. The number of aliphatic imine (C=N–C) groups is 1. The van der Waals surface area contributed by atoms with Crippen molar-refractivity contribution in [3.05, 3.63) is 35.4 Å². The van der Waals surface area contributed by atoms with Crippen molar-refractivity contribution in [1.82, 2.24) is 15.5 Å². The van der Waals surface area contributed by atoms with E-state index in [0.717, 1.165) is 25.0 Å². The van der Waals surface area contributed by atoms with Crippen LogP contribution in [-0.4, -0.2) is 50.3 Å². The molecule has 0 aromatic heterocycles. The first kappa shape index (κ1) is 20.7. The van der Waals surface area contributed by atoms with Crippen LogP contribution in [0.15, 0.2) is 29.3 Å². The third-order valence-electron chi connectivity index (χ3n) is 4.87. The van der Waals surface area contributed by atoms with Gasteiger partial charge < -0.3 is 15.4 Å². The molecule has 1 saturated heterocycles. The van der Waals surface area contributed by atoms with Gasteiger partial charge in [0.25, 0.3) is 0 Å². The summed E-state index contributed by atoms with van der Waals surface area (Å²) in [5.41, 5.74) is 2.63. The average Bonchev–Trinajstić information content (AvgIpc) is 2.63. The minimum absolute atomic E-state index is 0.229. The zero-order valence-corrected chi connectivity index (χ0v) is 16.9. The first-order valence-electron chi connectivity index (χ1n) is 9.94. The molecule has 1 aliphatic rings. The Kier molecular flexibility index (Phi) is 8.92. The van der Waals surface area contributed by atoms with Crippen LogP contribution in [0.5, 0.6) is 0 Å². The molecule has 0 bridgehead atoms. The van der Waals surface area contributed by atoms with Crippen molar-refractivity contribution >= 4 is 5.96 Å². The van der Waals surface area contributed by atoms with Gasteiger partial charge in [0.15, 0.2) is 5.96 Å². The number of rotatable bonds is 8. The summed E-state index contributed by atoms with van der Waals surface area (Å²) in [6.07, 6.45) is 2.66. The lowest BCUT2D eigenvalue weighted by molar-refractivity contribution is 0.179. The highest BCUT2D eigenvalue weighted by molar-refractivity contribution is 5.80.